The molecule has 0 aliphatic carbocycles. The Morgan fingerprint density at radius 1 is 1.40 bits per heavy atom. The number of ketones is 1. The SMILES string of the molecule is CC(=O)c1cc(N)cc(S(=O)(=O)O)c1O. The Morgan fingerprint density at radius 3 is 2.33 bits per heavy atom. The van der Waals surface area contributed by atoms with Gasteiger partial charge in [0.2, 0.25) is 0 Å². The van der Waals surface area contributed by atoms with E-state index < -0.39 is 26.5 Å². The van der Waals surface area contributed by atoms with Crippen LogP contribution in [-0.4, -0.2) is 23.9 Å². The maximum Gasteiger partial charge on any atom is 0.298 e. The highest BCUT2D eigenvalue weighted by molar-refractivity contribution is 7.86. The molecule has 0 heterocycles. The summed E-state index contributed by atoms with van der Waals surface area (Å²) in [5.41, 5.74) is 5.04. The van der Waals surface area contributed by atoms with Crippen molar-refractivity contribution in [2.45, 2.75) is 11.8 Å². The number of carbonyl (C=O) groups excluding carboxylic acids is 1. The van der Waals surface area contributed by atoms with Crippen LogP contribution in [0.4, 0.5) is 5.69 Å². The number of Topliss-reactive ketones (excluding diaryl/α,β-unsaturated/α-hetero) is 1. The minimum absolute atomic E-state index is 0.0365. The fourth-order valence-electron chi connectivity index (χ4n) is 1.09. The number of aromatic hydroxyl groups is 1. The van der Waals surface area contributed by atoms with Gasteiger partial charge in [0.05, 0.1) is 5.56 Å². The van der Waals surface area contributed by atoms with Gasteiger partial charge in [-0.05, 0) is 19.1 Å². The van der Waals surface area contributed by atoms with Gasteiger partial charge in [0, 0.05) is 5.69 Å². The number of nitrogen functional groups attached to an aromatic ring is 1. The van der Waals surface area contributed by atoms with E-state index in [9.17, 15) is 18.3 Å². The van der Waals surface area contributed by atoms with Crippen molar-refractivity contribution in [3.8, 4) is 5.75 Å². The highest BCUT2D eigenvalue weighted by Crippen LogP contribution is 2.29. The molecule has 0 radical (unpaired) electrons. The van der Waals surface area contributed by atoms with Gasteiger partial charge in [-0.2, -0.15) is 8.42 Å². The molecule has 0 saturated carbocycles. The Balaban J connectivity index is 3.63. The molecule has 0 aliphatic rings. The van der Waals surface area contributed by atoms with Crippen molar-refractivity contribution in [1.82, 2.24) is 0 Å². The molecule has 1 aromatic rings. The van der Waals surface area contributed by atoms with Crippen LogP contribution in [0.2, 0.25) is 0 Å². The molecule has 82 valence electrons. The number of hydrogen-bond acceptors (Lipinski definition) is 5. The largest absolute Gasteiger partial charge is 0.506 e. The number of benzene rings is 1. The fraction of sp³-hybridized carbons (Fsp3) is 0.125. The van der Waals surface area contributed by atoms with Crippen LogP contribution in [0.25, 0.3) is 0 Å². The summed E-state index contributed by atoms with van der Waals surface area (Å²) in [4.78, 5) is 10.2. The van der Waals surface area contributed by atoms with Crippen LogP contribution in [0.3, 0.4) is 0 Å². The smallest absolute Gasteiger partial charge is 0.298 e. The standard InChI is InChI=1S/C8H9NO5S/c1-4(10)6-2-5(9)3-7(8(6)11)15(12,13)14/h2-3,11H,9H2,1H3,(H,12,13,14). The maximum absolute atomic E-state index is 11.0. The zero-order valence-electron chi connectivity index (χ0n) is 7.76. The minimum Gasteiger partial charge on any atom is -0.506 e. The molecule has 0 aliphatic heterocycles. The first-order valence-electron chi connectivity index (χ1n) is 3.84. The second-order valence-corrected chi connectivity index (χ2v) is 4.34. The van der Waals surface area contributed by atoms with E-state index in [0.717, 1.165) is 19.1 Å². The van der Waals surface area contributed by atoms with Crippen LogP contribution in [0, 0.1) is 0 Å². The molecular weight excluding hydrogens is 222 g/mol. The molecule has 15 heavy (non-hydrogen) atoms. The number of carbonyl (C=O) groups is 1. The number of phenols is 1. The quantitative estimate of drug-likeness (QED) is 0.294. The van der Waals surface area contributed by atoms with Crippen LogP contribution in [0.1, 0.15) is 17.3 Å². The molecule has 4 N–H and O–H groups in total. The average Bonchev–Trinajstić information content (AvgIpc) is 2.06. The lowest BCUT2D eigenvalue weighted by atomic mass is 10.1. The first kappa shape index (κ1) is 11.5. The number of hydrogen-bond donors (Lipinski definition) is 3. The normalized spacial score (nSPS) is 11.3. The van der Waals surface area contributed by atoms with Crippen molar-refractivity contribution >= 4 is 21.6 Å². The van der Waals surface area contributed by atoms with Crippen LogP contribution < -0.4 is 5.73 Å². The predicted octanol–water partition coefficient (Wildman–Crippen LogP) is 0.424. The molecule has 0 atom stereocenters. The highest BCUT2D eigenvalue weighted by Gasteiger charge is 2.20. The van der Waals surface area contributed by atoms with Gasteiger partial charge >= 0.3 is 0 Å². The van der Waals surface area contributed by atoms with Crippen LogP contribution in [0.15, 0.2) is 17.0 Å². The third-order valence-corrected chi connectivity index (χ3v) is 2.62. The summed E-state index contributed by atoms with van der Waals surface area (Å²) in [5.74, 6) is -1.34. The Hall–Kier alpha value is -1.60. The third-order valence-electron chi connectivity index (χ3n) is 1.75. The highest BCUT2D eigenvalue weighted by atomic mass is 32.2. The Labute approximate surface area is 86.1 Å². The number of phenolic OH excluding ortho intramolecular Hbond substituents is 1. The van der Waals surface area contributed by atoms with Gasteiger partial charge in [-0.25, -0.2) is 0 Å². The van der Waals surface area contributed by atoms with E-state index in [-0.39, 0.29) is 11.3 Å². The number of rotatable bonds is 2. The topological polar surface area (TPSA) is 118 Å². The van der Waals surface area contributed by atoms with Crippen LogP contribution in [-0.2, 0) is 10.1 Å². The van der Waals surface area contributed by atoms with Crippen molar-refractivity contribution in [1.29, 1.82) is 0 Å². The second-order valence-electron chi connectivity index (χ2n) is 2.95. The van der Waals surface area contributed by atoms with E-state index in [2.05, 4.69) is 0 Å². The average molecular weight is 231 g/mol. The second kappa shape index (κ2) is 3.52. The Morgan fingerprint density at radius 2 is 1.93 bits per heavy atom. The number of anilines is 1. The lowest BCUT2D eigenvalue weighted by Gasteiger charge is -2.06. The van der Waals surface area contributed by atoms with Gasteiger partial charge in [-0.1, -0.05) is 0 Å². The van der Waals surface area contributed by atoms with Crippen LogP contribution >= 0.6 is 0 Å². The monoisotopic (exact) mass is 231 g/mol. The third kappa shape index (κ3) is 2.25. The summed E-state index contributed by atoms with van der Waals surface area (Å²) in [6.07, 6.45) is 0. The molecule has 0 fully saturated rings. The summed E-state index contributed by atoms with van der Waals surface area (Å²) in [7, 11) is -4.59. The summed E-state index contributed by atoms with van der Waals surface area (Å²) >= 11 is 0. The zero-order valence-corrected chi connectivity index (χ0v) is 8.58. The first-order chi connectivity index (χ1) is 6.73. The van der Waals surface area contributed by atoms with Gasteiger partial charge < -0.3 is 10.8 Å². The van der Waals surface area contributed by atoms with E-state index in [1.54, 1.807) is 0 Å². The molecular formula is C8H9NO5S. The molecule has 7 heteroatoms. The molecule has 0 spiro atoms. The van der Waals surface area contributed by atoms with E-state index in [1.807, 2.05) is 0 Å². The van der Waals surface area contributed by atoms with Gasteiger partial charge in [-0.3, -0.25) is 9.35 Å². The molecule has 1 aromatic carbocycles. The molecule has 0 aromatic heterocycles. The minimum atomic E-state index is -4.59. The van der Waals surface area contributed by atoms with Gasteiger partial charge in [-0.15, -0.1) is 0 Å². The van der Waals surface area contributed by atoms with E-state index in [0.29, 0.717) is 0 Å². The van der Waals surface area contributed by atoms with E-state index in [4.69, 9.17) is 10.3 Å². The Bertz CT molecular complexity index is 520. The van der Waals surface area contributed by atoms with E-state index >= 15 is 0 Å². The van der Waals surface area contributed by atoms with Crippen molar-refractivity contribution in [3.05, 3.63) is 17.7 Å². The van der Waals surface area contributed by atoms with Crippen molar-refractivity contribution in [2.24, 2.45) is 0 Å². The fourth-order valence-corrected chi connectivity index (χ4v) is 1.73. The van der Waals surface area contributed by atoms with Crippen molar-refractivity contribution in [2.75, 3.05) is 5.73 Å². The lowest BCUT2D eigenvalue weighted by molar-refractivity contribution is 0.101. The van der Waals surface area contributed by atoms with E-state index in [1.165, 1.54) is 0 Å². The zero-order chi connectivity index (χ0) is 11.8. The first-order valence-corrected chi connectivity index (χ1v) is 5.28. The van der Waals surface area contributed by atoms with Crippen molar-refractivity contribution < 1.29 is 22.9 Å². The summed E-state index contributed by atoms with van der Waals surface area (Å²) in [6, 6.07) is 2.00. The summed E-state index contributed by atoms with van der Waals surface area (Å²) < 4.78 is 30.4. The van der Waals surface area contributed by atoms with Crippen molar-refractivity contribution in [3.63, 3.8) is 0 Å². The molecule has 0 amide bonds. The molecule has 0 saturated heterocycles. The lowest BCUT2D eigenvalue weighted by Crippen LogP contribution is -2.04. The molecule has 6 nitrogen and oxygen atoms in total. The summed E-state index contributed by atoms with van der Waals surface area (Å²) in [5, 5.41) is 9.40. The van der Waals surface area contributed by atoms with Crippen LogP contribution in [0.5, 0.6) is 5.75 Å². The maximum atomic E-state index is 11.0. The van der Waals surface area contributed by atoms with Gasteiger partial charge in [0.15, 0.2) is 5.78 Å². The van der Waals surface area contributed by atoms with Gasteiger partial charge in [0.1, 0.15) is 10.6 Å². The number of nitrogens with two attached hydrogens (primary N) is 1. The molecule has 1 rings (SSSR count). The molecule has 0 unspecified atom stereocenters. The Kier molecular flexibility index (Phi) is 2.69. The molecule has 0 bridgehead atoms. The predicted molar refractivity (Wildman–Crippen MR) is 52.3 cm³/mol. The van der Waals surface area contributed by atoms with Gasteiger partial charge in [0.25, 0.3) is 10.1 Å². The summed E-state index contributed by atoms with van der Waals surface area (Å²) in [6.45, 7) is 1.14.